The van der Waals surface area contributed by atoms with Gasteiger partial charge >= 0.3 is 0 Å². The first-order chi connectivity index (χ1) is 8.29. The molecule has 0 aliphatic heterocycles. The van der Waals surface area contributed by atoms with Crippen LogP contribution in [0.3, 0.4) is 0 Å². The second kappa shape index (κ2) is 5.63. The Morgan fingerprint density at radius 2 is 2.12 bits per heavy atom. The lowest BCUT2D eigenvalue weighted by atomic mass is 10.3. The van der Waals surface area contributed by atoms with Gasteiger partial charge in [-0.05, 0) is 34.1 Å². The fourth-order valence-corrected chi connectivity index (χ4v) is 1.75. The summed E-state index contributed by atoms with van der Waals surface area (Å²) in [6.07, 6.45) is 1.72. The van der Waals surface area contributed by atoms with Gasteiger partial charge in [-0.15, -0.1) is 0 Å². The average molecular weight is 294 g/mol. The van der Waals surface area contributed by atoms with Crippen LogP contribution in [0.25, 0.3) is 0 Å². The van der Waals surface area contributed by atoms with Gasteiger partial charge in [-0.3, -0.25) is 0 Å². The maximum atomic E-state index is 5.24. The predicted octanol–water partition coefficient (Wildman–Crippen LogP) is 2.86. The van der Waals surface area contributed by atoms with E-state index in [-0.39, 0.29) is 0 Å². The normalized spacial score (nSPS) is 10.0. The third-order valence-electron chi connectivity index (χ3n) is 2.22. The molecular weight excluding hydrogens is 282 g/mol. The van der Waals surface area contributed by atoms with Crippen molar-refractivity contribution in [2.24, 2.45) is 0 Å². The van der Waals surface area contributed by atoms with Crippen LogP contribution in [-0.2, 0) is 6.54 Å². The SMILES string of the molecule is COc1ccccc1NCc1nccc(Br)n1. The van der Waals surface area contributed by atoms with Crippen molar-refractivity contribution in [2.45, 2.75) is 6.54 Å². The molecule has 0 radical (unpaired) electrons. The lowest BCUT2D eigenvalue weighted by Crippen LogP contribution is -2.05. The molecule has 0 aliphatic rings. The highest BCUT2D eigenvalue weighted by Crippen LogP contribution is 2.23. The minimum atomic E-state index is 0.555. The van der Waals surface area contributed by atoms with E-state index in [0.717, 1.165) is 21.9 Å². The first kappa shape index (κ1) is 11.9. The zero-order valence-electron chi connectivity index (χ0n) is 9.35. The van der Waals surface area contributed by atoms with Crippen LogP contribution < -0.4 is 10.1 Å². The molecule has 2 aromatic rings. The van der Waals surface area contributed by atoms with Crippen molar-refractivity contribution in [3.05, 3.63) is 47.0 Å². The molecule has 0 spiro atoms. The fraction of sp³-hybridized carbons (Fsp3) is 0.167. The largest absolute Gasteiger partial charge is 0.495 e. The minimum absolute atomic E-state index is 0.555. The van der Waals surface area contributed by atoms with E-state index < -0.39 is 0 Å². The Morgan fingerprint density at radius 1 is 1.29 bits per heavy atom. The van der Waals surface area contributed by atoms with E-state index in [0.29, 0.717) is 6.54 Å². The van der Waals surface area contributed by atoms with Gasteiger partial charge in [0.2, 0.25) is 0 Å². The van der Waals surface area contributed by atoms with Gasteiger partial charge in [-0.2, -0.15) is 0 Å². The number of aromatic nitrogens is 2. The Bertz CT molecular complexity index is 505. The molecule has 0 saturated heterocycles. The number of nitrogens with one attached hydrogen (secondary N) is 1. The molecule has 2 rings (SSSR count). The smallest absolute Gasteiger partial charge is 0.148 e. The summed E-state index contributed by atoms with van der Waals surface area (Å²) < 4.78 is 6.03. The molecule has 1 aromatic heterocycles. The number of hydrogen-bond donors (Lipinski definition) is 1. The van der Waals surface area contributed by atoms with Crippen molar-refractivity contribution in [3.8, 4) is 5.75 Å². The molecule has 0 aliphatic carbocycles. The van der Waals surface area contributed by atoms with Crippen LogP contribution >= 0.6 is 15.9 Å². The molecule has 4 nitrogen and oxygen atoms in total. The van der Waals surface area contributed by atoms with Gasteiger partial charge in [0, 0.05) is 6.20 Å². The van der Waals surface area contributed by atoms with Gasteiger partial charge < -0.3 is 10.1 Å². The van der Waals surface area contributed by atoms with E-state index in [4.69, 9.17) is 4.74 Å². The molecule has 0 bridgehead atoms. The molecule has 88 valence electrons. The van der Waals surface area contributed by atoms with E-state index >= 15 is 0 Å². The van der Waals surface area contributed by atoms with E-state index in [1.54, 1.807) is 19.4 Å². The van der Waals surface area contributed by atoms with Crippen molar-refractivity contribution in [2.75, 3.05) is 12.4 Å². The summed E-state index contributed by atoms with van der Waals surface area (Å²) in [4.78, 5) is 8.41. The summed E-state index contributed by atoms with van der Waals surface area (Å²) in [5.74, 6) is 1.53. The first-order valence-electron chi connectivity index (χ1n) is 5.14. The van der Waals surface area contributed by atoms with Gasteiger partial charge in [0.25, 0.3) is 0 Å². The number of nitrogens with zero attached hydrogens (tertiary/aromatic N) is 2. The minimum Gasteiger partial charge on any atom is -0.495 e. The van der Waals surface area contributed by atoms with Gasteiger partial charge in [0.15, 0.2) is 0 Å². The Kier molecular flexibility index (Phi) is 3.93. The molecule has 0 atom stereocenters. The van der Waals surface area contributed by atoms with Crippen LogP contribution in [0.15, 0.2) is 41.1 Å². The molecule has 17 heavy (non-hydrogen) atoms. The van der Waals surface area contributed by atoms with Crippen LogP contribution in [0.2, 0.25) is 0 Å². The van der Waals surface area contributed by atoms with E-state index in [1.165, 1.54) is 0 Å². The van der Waals surface area contributed by atoms with E-state index in [9.17, 15) is 0 Å². The van der Waals surface area contributed by atoms with Gasteiger partial charge in [-0.25, -0.2) is 9.97 Å². The Morgan fingerprint density at radius 3 is 2.88 bits per heavy atom. The van der Waals surface area contributed by atoms with Crippen molar-refractivity contribution < 1.29 is 4.74 Å². The molecule has 1 N–H and O–H groups in total. The summed E-state index contributed by atoms with van der Waals surface area (Å²) in [5, 5.41) is 3.24. The standard InChI is InChI=1S/C12H12BrN3O/c1-17-10-5-3-2-4-9(10)15-8-12-14-7-6-11(13)16-12/h2-7,15H,8H2,1H3. The quantitative estimate of drug-likeness (QED) is 0.881. The third-order valence-corrected chi connectivity index (χ3v) is 2.66. The maximum absolute atomic E-state index is 5.24. The number of methoxy groups -OCH3 is 1. The molecular formula is C12H12BrN3O. The Labute approximate surface area is 108 Å². The van der Waals surface area contributed by atoms with Crippen molar-refractivity contribution in [3.63, 3.8) is 0 Å². The highest BCUT2D eigenvalue weighted by atomic mass is 79.9. The van der Waals surface area contributed by atoms with Crippen molar-refractivity contribution >= 4 is 21.6 Å². The molecule has 5 heteroatoms. The molecule has 0 amide bonds. The second-order valence-electron chi connectivity index (χ2n) is 3.35. The van der Waals surface area contributed by atoms with Crippen LogP contribution in [0.4, 0.5) is 5.69 Å². The first-order valence-corrected chi connectivity index (χ1v) is 5.93. The summed E-state index contributed by atoms with van der Waals surface area (Å²) >= 11 is 3.31. The molecule has 1 aromatic carbocycles. The van der Waals surface area contributed by atoms with E-state index in [1.807, 2.05) is 24.3 Å². The number of benzene rings is 1. The number of halogens is 1. The topological polar surface area (TPSA) is 47.0 Å². The van der Waals surface area contributed by atoms with E-state index in [2.05, 4.69) is 31.2 Å². The number of rotatable bonds is 4. The molecule has 0 saturated carbocycles. The monoisotopic (exact) mass is 293 g/mol. The zero-order valence-corrected chi connectivity index (χ0v) is 10.9. The zero-order chi connectivity index (χ0) is 12.1. The summed E-state index contributed by atoms with van der Waals surface area (Å²) in [7, 11) is 1.65. The number of hydrogen-bond acceptors (Lipinski definition) is 4. The highest BCUT2D eigenvalue weighted by molar-refractivity contribution is 9.10. The lowest BCUT2D eigenvalue weighted by molar-refractivity contribution is 0.416. The lowest BCUT2D eigenvalue weighted by Gasteiger charge is -2.09. The predicted molar refractivity (Wildman–Crippen MR) is 70.1 cm³/mol. The third kappa shape index (κ3) is 3.17. The van der Waals surface area contributed by atoms with Gasteiger partial charge in [0.1, 0.15) is 16.2 Å². The van der Waals surface area contributed by atoms with Crippen molar-refractivity contribution in [1.82, 2.24) is 9.97 Å². The van der Waals surface area contributed by atoms with Crippen molar-refractivity contribution in [1.29, 1.82) is 0 Å². The average Bonchev–Trinajstić information content (AvgIpc) is 2.37. The number of anilines is 1. The van der Waals surface area contributed by atoms with Crippen LogP contribution in [0, 0.1) is 0 Å². The van der Waals surface area contributed by atoms with Crippen LogP contribution in [0.1, 0.15) is 5.82 Å². The summed E-state index contributed by atoms with van der Waals surface area (Å²) in [6, 6.07) is 9.54. The van der Waals surface area contributed by atoms with Crippen LogP contribution in [-0.4, -0.2) is 17.1 Å². The maximum Gasteiger partial charge on any atom is 0.148 e. The second-order valence-corrected chi connectivity index (χ2v) is 4.16. The van der Waals surface area contributed by atoms with Gasteiger partial charge in [0.05, 0.1) is 19.3 Å². The summed E-state index contributed by atoms with van der Waals surface area (Å²) in [5.41, 5.74) is 0.929. The molecule has 1 heterocycles. The molecule has 0 unspecified atom stereocenters. The van der Waals surface area contributed by atoms with Crippen LogP contribution in [0.5, 0.6) is 5.75 Å². The Hall–Kier alpha value is -1.62. The Balaban J connectivity index is 2.07. The molecule has 0 fully saturated rings. The number of para-hydroxylation sites is 2. The fourth-order valence-electron chi connectivity index (χ4n) is 1.42. The van der Waals surface area contributed by atoms with Gasteiger partial charge in [-0.1, -0.05) is 12.1 Å². The number of ether oxygens (including phenoxy) is 1. The summed E-state index contributed by atoms with van der Waals surface area (Å²) in [6.45, 7) is 0.555. The highest BCUT2D eigenvalue weighted by Gasteiger charge is 2.02.